The Kier molecular flexibility index (Phi) is 11.4. The molecule has 0 fully saturated rings. The summed E-state index contributed by atoms with van der Waals surface area (Å²) in [5, 5.41) is 0. The van der Waals surface area contributed by atoms with Crippen LogP contribution in [-0.2, 0) is 6.42 Å². The van der Waals surface area contributed by atoms with Crippen LogP contribution in [0.1, 0.15) is 62.5 Å². The molecule has 1 aromatic heterocycles. The molecule has 0 saturated carbocycles. The number of benzene rings is 3. The zero-order valence-corrected chi connectivity index (χ0v) is 27.1. The summed E-state index contributed by atoms with van der Waals surface area (Å²) in [4.78, 5) is 17.8. The highest BCUT2D eigenvalue weighted by Gasteiger charge is 2.17. The van der Waals surface area contributed by atoms with Gasteiger partial charge in [0.1, 0.15) is 17.3 Å². The minimum atomic E-state index is 0.746. The molecular formula is C37H49N5O2. The summed E-state index contributed by atoms with van der Waals surface area (Å²) in [6, 6.07) is 21.0. The topological polar surface area (TPSA) is 66.0 Å². The summed E-state index contributed by atoms with van der Waals surface area (Å²) in [5.74, 6) is 2.66. The first-order valence-electron chi connectivity index (χ1n) is 16.3. The Morgan fingerprint density at radius 3 is 1.91 bits per heavy atom. The molecule has 1 N–H and O–H groups in total. The lowest BCUT2D eigenvalue weighted by atomic mass is 10.0. The molecule has 3 aromatic carbocycles. The lowest BCUT2D eigenvalue weighted by Gasteiger charge is -2.09. The Morgan fingerprint density at radius 1 is 0.659 bits per heavy atom. The van der Waals surface area contributed by atoms with E-state index in [9.17, 15) is 0 Å². The number of nitrogens with one attached hydrogen (secondary N) is 1. The Hall–Kier alpha value is -3.68. The molecule has 7 nitrogen and oxygen atoms in total. The maximum Gasteiger partial charge on any atom is 0.138 e. The Balaban J connectivity index is 1.11. The van der Waals surface area contributed by atoms with Crippen LogP contribution in [0.2, 0.25) is 0 Å². The van der Waals surface area contributed by atoms with Gasteiger partial charge < -0.3 is 24.3 Å². The minimum Gasteiger partial charge on any atom is -0.494 e. The monoisotopic (exact) mass is 595 g/mol. The Morgan fingerprint density at radius 2 is 1.25 bits per heavy atom. The first kappa shape index (κ1) is 31.7. The predicted molar refractivity (Wildman–Crippen MR) is 183 cm³/mol. The number of rotatable bonds is 18. The number of hydrogen-bond donors (Lipinski definition) is 1. The number of aliphatic imine (C=N–C) groups is 1. The first-order chi connectivity index (χ1) is 21.4. The molecule has 0 atom stereocenters. The molecule has 234 valence electrons. The summed E-state index contributed by atoms with van der Waals surface area (Å²) >= 11 is 0. The molecular weight excluding hydrogens is 546 g/mol. The van der Waals surface area contributed by atoms with Crippen LogP contribution in [0, 0.1) is 0 Å². The Labute approximate surface area is 263 Å². The fourth-order valence-corrected chi connectivity index (χ4v) is 5.60. The highest BCUT2D eigenvalue weighted by Crippen LogP contribution is 2.33. The quantitative estimate of drug-likeness (QED) is 0.118. The number of ether oxygens (including phenoxy) is 2. The van der Waals surface area contributed by atoms with Crippen molar-refractivity contribution in [1.29, 1.82) is 0 Å². The lowest BCUT2D eigenvalue weighted by molar-refractivity contribution is 0.302. The number of hydrogen-bond acceptors (Lipinski definition) is 6. The molecule has 44 heavy (non-hydrogen) atoms. The van der Waals surface area contributed by atoms with Gasteiger partial charge in [0.05, 0.1) is 35.6 Å². The van der Waals surface area contributed by atoms with Gasteiger partial charge in [-0.1, -0.05) is 56.0 Å². The fourth-order valence-electron chi connectivity index (χ4n) is 5.60. The zero-order chi connectivity index (χ0) is 30.7. The van der Waals surface area contributed by atoms with E-state index in [0.29, 0.717) is 0 Å². The van der Waals surface area contributed by atoms with E-state index in [1.54, 1.807) is 0 Å². The van der Waals surface area contributed by atoms with Gasteiger partial charge in [-0.05, 0) is 96.3 Å². The van der Waals surface area contributed by atoms with Crippen molar-refractivity contribution in [2.75, 3.05) is 54.5 Å². The van der Waals surface area contributed by atoms with Gasteiger partial charge in [-0.2, -0.15) is 0 Å². The molecule has 0 bridgehead atoms. The number of aromatic nitrogens is 2. The summed E-state index contributed by atoms with van der Waals surface area (Å²) in [6.07, 6.45) is 10.4. The largest absolute Gasteiger partial charge is 0.494 e. The smallest absolute Gasteiger partial charge is 0.138 e. The maximum absolute atomic E-state index is 6.04. The van der Waals surface area contributed by atoms with Crippen LogP contribution >= 0.6 is 0 Å². The van der Waals surface area contributed by atoms with Crippen molar-refractivity contribution in [2.24, 2.45) is 4.99 Å². The van der Waals surface area contributed by atoms with Crippen molar-refractivity contribution in [2.45, 2.75) is 57.8 Å². The fraction of sp³-hybridized carbons (Fsp3) is 0.459. The van der Waals surface area contributed by atoms with Crippen LogP contribution in [-0.4, -0.2) is 80.0 Å². The summed E-state index contributed by atoms with van der Waals surface area (Å²) in [5.41, 5.74) is 7.49. The van der Waals surface area contributed by atoms with Crippen LogP contribution in [0.5, 0.6) is 11.5 Å². The summed E-state index contributed by atoms with van der Waals surface area (Å²) < 4.78 is 12.1. The molecule has 0 saturated heterocycles. The standard InChI is InChI=1S/C37H49N5O2/c1-41(2)21-9-5-7-11-23-43-31-18-17-30-25-34(38-35(30)26-31)28-13-15-29(16-14-28)37-39-33-20-19-32(27-36(33)40-37)44-24-12-8-6-10-22-42(3)4/h13-20,26-27H,5-12,21-25H2,1-4H3,(H,39,40). The van der Waals surface area contributed by atoms with E-state index in [1.165, 1.54) is 44.1 Å². The van der Waals surface area contributed by atoms with Crippen molar-refractivity contribution in [3.8, 4) is 22.9 Å². The molecule has 1 aliphatic rings. The second-order valence-electron chi connectivity index (χ2n) is 12.5. The number of unbranched alkanes of at least 4 members (excludes halogenated alkanes) is 6. The highest BCUT2D eigenvalue weighted by molar-refractivity contribution is 6.06. The molecule has 2 heterocycles. The van der Waals surface area contributed by atoms with E-state index in [0.717, 1.165) is 96.4 Å². The van der Waals surface area contributed by atoms with Crippen molar-refractivity contribution >= 4 is 22.4 Å². The number of imidazole rings is 1. The highest BCUT2D eigenvalue weighted by atomic mass is 16.5. The second-order valence-corrected chi connectivity index (χ2v) is 12.5. The van der Waals surface area contributed by atoms with Crippen molar-refractivity contribution in [1.82, 2.24) is 19.8 Å². The maximum atomic E-state index is 6.04. The van der Waals surface area contributed by atoms with Gasteiger partial charge in [0.2, 0.25) is 0 Å². The van der Waals surface area contributed by atoms with E-state index >= 15 is 0 Å². The summed E-state index contributed by atoms with van der Waals surface area (Å²) in [7, 11) is 8.51. The molecule has 5 rings (SSSR count). The van der Waals surface area contributed by atoms with Gasteiger partial charge in [0.25, 0.3) is 0 Å². The van der Waals surface area contributed by atoms with Gasteiger partial charge in [-0.25, -0.2) is 4.98 Å². The molecule has 7 heteroatoms. The first-order valence-corrected chi connectivity index (χ1v) is 16.3. The number of fused-ring (bicyclic) bond motifs is 2. The van der Waals surface area contributed by atoms with Crippen LogP contribution in [0.4, 0.5) is 5.69 Å². The SMILES string of the molecule is CN(C)CCCCCCOc1ccc2c(c1)N=C(c1ccc(-c3nc4ccc(OCCCCCCN(C)C)cc4[nH]3)cc1)C2. The normalized spacial score (nSPS) is 12.7. The van der Waals surface area contributed by atoms with Gasteiger partial charge in [0.15, 0.2) is 0 Å². The predicted octanol–water partition coefficient (Wildman–Crippen LogP) is 7.91. The van der Waals surface area contributed by atoms with Gasteiger partial charge in [0, 0.05) is 24.1 Å². The average molecular weight is 596 g/mol. The molecule has 0 spiro atoms. The van der Waals surface area contributed by atoms with Gasteiger partial charge in [-0.3, -0.25) is 4.99 Å². The van der Waals surface area contributed by atoms with E-state index in [-0.39, 0.29) is 0 Å². The van der Waals surface area contributed by atoms with Crippen LogP contribution in [0.3, 0.4) is 0 Å². The van der Waals surface area contributed by atoms with E-state index < -0.39 is 0 Å². The van der Waals surface area contributed by atoms with E-state index in [1.807, 2.05) is 12.1 Å². The zero-order valence-electron chi connectivity index (χ0n) is 27.1. The third-order valence-electron chi connectivity index (χ3n) is 8.15. The second kappa shape index (κ2) is 15.9. The number of aromatic amines is 1. The molecule has 0 radical (unpaired) electrons. The molecule has 1 aliphatic heterocycles. The van der Waals surface area contributed by atoms with Crippen molar-refractivity contribution in [3.63, 3.8) is 0 Å². The third kappa shape index (κ3) is 9.16. The van der Waals surface area contributed by atoms with Crippen LogP contribution in [0.15, 0.2) is 65.7 Å². The number of H-pyrrole nitrogens is 1. The van der Waals surface area contributed by atoms with Crippen molar-refractivity contribution in [3.05, 3.63) is 71.8 Å². The lowest BCUT2D eigenvalue weighted by Crippen LogP contribution is -2.12. The molecule has 4 aromatic rings. The van der Waals surface area contributed by atoms with Crippen LogP contribution < -0.4 is 9.47 Å². The van der Waals surface area contributed by atoms with E-state index in [4.69, 9.17) is 19.5 Å². The molecule has 0 amide bonds. The Bertz CT molecular complexity index is 1510. The van der Waals surface area contributed by atoms with Gasteiger partial charge >= 0.3 is 0 Å². The molecule has 0 unspecified atom stereocenters. The van der Waals surface area contributed by atoms with Crippen molar-refractivity contribution < 1.29 is 9.47 Å². The van der Waals surface area contributed by atoms with Crippen LogP contribution in [0.25, 0.3) is 22.4 Å². The average Bonchev–Trinajstić information content (AvgIpc) is 3.64. The molecule has 0 aliphatic carbocycles. The summed E-state index contributed by atoms with van der Waals surface area (Å²) in [6.45, 7) is 3.81. The minimum absolute atomic E-state index is 0.746. The number of nitrogens with zero attached hydrogens (tertiary/aromatic N) is 4. The van der Waals surface area contributed by atoms with Gasteiger partial charge in [-0.15, -0.1) is 0 Å². The third-order valence-corrected chi connectivity index (χ3v) is 8.15. The van der Waals surface area contributed by atoms with E-state index in [2.05, 4.69) is 91.5 Å².